The molecule has 0 amide bonds. The number of hydrogen-bond donors (Lipinski definition) is 1. The molecule has 3 nitrogen and oxygen atoms in total. The fourth-order valence-corrected chi connectivity index (χ4v) is 0.580. The van der Waals surface area contributed by atoms with Crippen LogP contribution < -0.4 is 10.4 Å². The van der Waals surface area contributed by atoms with E-state index in [4.69, 9.17) is 4.74 Å². The summed E-state index contributed by atoms with van der Waals surface area (Å²) in [5.74, 6) is -0.0833. The third-order valence-electron chi connectivity index (χ3n) is 0.933. The van der Waals surface area contributed by atoms with E-state index in [-0.39, 0.29) is 5.76 Å². The van der Waals surface area contributed by atoms with Gasteiger partial charge in [-0.25, -0.2) is 0 Å². The largest absolute Gasteiger partial charge is 0.876 e. The van der Waals surface area contributed by atoms with E-state index in [0.29, 0.717) is 0 Å². The molecule has 0 aliphatic carbocycles. The molecule has 0 saturated carbocycles. The van der Waals surface area contributed by atoms with Crippen molar-refractivity contribution in [3.05, 3.63) is 12.3 Å². The monoisotopic (exact) mass is 145 g/mol. The van der Waals surface area contributed by atoms with Gasteiger partial charge < -0.3 is 15.2 Å². The van der Waals surface area contributed by atoms with Crippen LogP contribution in [0.2, 0.25) is 0 Å². The highest BCUT2D eigenvalue weighted by Gasteiger charge is 1.96. The van der Waals surface area contributed by atoms with Crippen molar-refractivity contribution in [2.24, 2.45) is 0 Å². The van der Waals surface area contributed by atoms with Crippen molar-refractivity contribution in [3.63, 3.8) is 0 Å². The minimum Gasteiger partial charge on any atom is -0.876 e. The van der Waals surface area contributed by atoms with Gasteiger partial charge in [0.25, 0.3) is 0 Å². The number of allylic oxidation sites excluding steroid dienone is 1. The summed E-state index contributed by atoms with van der Waals surface area (Å²) in [5.41, 5.74) is 0. The quantitative estimate of drug-likeness (QED) is 0.420. The lowest BCUT2D eigenvalue weighted by Gasteiger charge is -2.07. The second-order valence-corrected chi connectivity index (χ2v) is 2.18. The van der Waals surface area contributed by atoms with Crippen LogP contribution in [0, 0.1) is 0 Å². The Morgan fingerprint density at radius 3 is 2.00 bits per heavy atom. The molecule has 0 atom stereocenters. The lowest BCUT2D eigenvalue weighted by molar-refractivity contribution is -0.670. The molecule has 60 valence electrons. The van der Waals surface area contributed by atoms with Crippen LogP contribution in [-0.4, -0.2) is 26.3 Å². The van der Waals surface area contributed by atoms with E-state index in [0.717, 1.165) is 26.3 Å². The molecule has 1 rings (SSSR count). The van der Waals surface area contributed by atoms with Gasteiger partial charge in [-0.3, -0.25) is 0 Å². The van der Waals surface area contributed by atoms with Crippen molar-refractivity contribution in [2.75, 3.05) is 26.3 Å². The van der Waals surface area contributed by atoms with E-state index >= 15 is 0 Å². The van der Waals surface area contributed by atoms with Gasteiger partial charge in [-0.05, 0) is 0 Å². The SMILES string of the molecule is C1COCC[NH2+]1.C=C(C)[O-]. The summed E-state index contributed by atoms with van der Waals surface area (Å²) >= 11 is 0. The first-order valence-corrected chi connectivity index (χ1v) is 3.45. The summed E-state index contributed by atoms with van der Waals surface area (Å²) in [5, 5.41) is 11.6. The van der Waals surface area contributed by atoms with Crippen LogP contribution in [0.15, 0.2) is 12.3 Å². The second-order valence-electron chi connectivity index (χ2n) is 2.18. The van der Waals surface area contributed by atoms with Gasteiger partial charge >= 0.3 is 0 Å². The highest BCUT2D eigenvalue weighted by atomic mass is 16.5. The predicted molar refractivity (Wildman–Crippen MR) is 37.3 cm³/mol. The Kier molecular flexibility index (Phi) is 6.22. The maximum atomic E-state index is 9.33. The first-order chi connectivity index (χ1) is 4.73. The summed E-state index contributed by atoms with van der Waals surface area (Å²) in [7, 11) is 0. The molecule has 0 aromatic carbocycles. The molecule has 0 spiro atoms. The fraction of sp³-hybridized carbons (Fsp3) is 0.714. The Morgan fingerprint density at radius 1 is 1.50 bits per heavy atom. The first-order valence-electron chi connectivity index (χ1n) is 3.45. The molecule has 0 aromatic rings. The van der Waals surface area contributed by atoms with Crippen molar-refractivity contribution >= 4 is 0 Å². The zero-order valence-electron chi connectivity index (χ0n) is 6.43. The Bertz CT molecular complexity index is 74.1. The first kappa shape index (κ1) is 9.46. The van der Waals surface area contributed by atoms with Gasteiger partial charge in [-0.1, -0.05) is 6.92 Å². The van der Waals surface area contributed by atoms with Crippen LogP contribution in [-0.2, 0) is 4.74 Å². The maximum absolute atomic E-state index is 9.33. The number of hydrogen-bond acceptors (Lipinski definition) is 2. The van der Waals surface area contributed by atoms with Crippen LogP contribution in [0.25, 0.3) is 0 Å². The highest BCUT2D eigenvalue weighted by molar-refractivity contribution is 4.64. The number of nitrogens with two attached hydrogens (primary N) is 1. The average molecular weight is 145 g/mol. The summed E-state index contributed by atoms with van der Waals surface area (Å²) in [6.07, 6.45) is 0. The summed E-state index contributed by atoms with van der Waals surface area (Å²) < 4.78 is 5.04. The van der Waals surface area contributed by atoms with Gasteiger partial charge in [-0.15, -0.1) is 12.3 Å². The fourth-order valence-electron chi connectivity index (χ4n) is 0.580. The molecule has 1 aliphatic heterocycles. The lowest BCUT2D eigenvalue weighted by Crippen LogP contribution is -2.87. The van der Waals surface area contributed by atoms with E-state index in [1.807, 2.05) is 0 Å². The molecule has 1 aliphatic rings. The molecule has 1 fully saturated rings. The van der Waals surface area contributed by atoms with Crippen LogP contribution in [0.1, 0.15) is 6.92 Å². The number of quaternary nitrogens is 1. The molecule has 1 heterocycles. The second kappa shape index (κ2) is 6.58. The molecule has 10 heavy (non-hydrogen) atoms. The minimum absolute atomic E-state index is 0.0833. The van der Waals surface area contributed by atoms with E-state index in [1.54, 1.807) is 0 Å². The van der Waals surface area contributed by atoms with Crippen molar-refractivity contribution in [1.82, 2.24) is 0 Å². The molecule has 2 N–H and O–H groups in total. The number of morpholine rings is 1. The standard InChI is InChI=1S/C4H9NO.C3H6O/c1-3-6-4-2-5-1;1-3(2)4/h5H,1-4H2;4H,1H2,2H3. The molecule has 1 saturated heterocycles. The van der Waals surface area contributed by atoms with Crippen molar-refractivity contribution in [1.29, 1.82) is 0 Å². The molecule has 0 aromatic heterocycles. The normalized spacial score (nSPS) is 16.9. The molecular weight excluding hydrogens is 130 g/mol. The van der Waals surface area contributed by atoms with Gasteiger partial charge in [0, 0.05) is 0 Å². The summed E-state index contributed by atoms with van der Waals surface area (Å²) in [6.45, 7) is 8.61. The molecule has 0 unspecified atom stereocenters. The number of ether oxygens (including phenoxy) is 1. The Morgan fingerprint density at radius 2 is 1.90 bits per heavy atom. The lowest BCUT2D eigenvalue weighted by atomic mass is 10.5. The number of rotatable bonds is 0. The molecule has 0 bridgehead atoms. The Labute approximate surface area is 61.7 Å². The highest BCUT2D eigenvalue weighted by Crippen LogP contribution is 1.69. The van der Waals surface area contributed by atoms with Gasteiger partial charge in [0.1, 0.15) is 0 Å². The van der Waals surface area contributed by atoms with E-state index in [2.05, 4.69) is 11.9 Å². The van der Waals surface area contributed by atoms with E-state index < -0.39 is 0 Å². The third kappa shape index (κ3) is 10.4. The Balaban J connectivity index is 0.000000180. The predicted octanol–water partition coefficient (Wildman–Crippen LogP) is -1.54. The average Bonchev–Trinajstić information content (AvgIpc) is 1.90. The van der Waals surface area contributed by atoms with Crippen LogP contribution in [0.4, 0.5) is 0 Å². The summed E-state index contributed by atoms with van der Waals surface area (Å²) in [4.78, 5) is 0. The molecular formula is C7H15NO2. The van der Waals surface area contributed by atoms with Gasteiger partial charge in [0.2, 0.25) is 0 Å². The van der Waals surface area contributed by atoms with Crippen LogP contribution in [0.5, 0.6) is 0 Å². The summed E-state index contributed by atoms with van der Waals surface area (Å²) in [6, 6.07) is 0. The van der Waals surface area contributed by atoms with Gasteiger partial charge in [-0.2, -0.15) is 0 Å². The van der Waals surface area contributed by atoms with Gasteiger partial charge in [0.15, 0.2) is 0 Å². The zero-order valence-corrected chi connectivity index (χ0v) is 6.43. The smallest absolute Gasteiger partial charge is 0.0993 e. The van der Waals surface area contributed by atoms with Crippen LogP contribution in [0.3, 0.4) is 0 Å². The van der Waals surface area contributed by atoms with Crippen molar-refractivity contribution < 1.29 is 15.2 Å². The van der Waals surface area contributed by atoms with Crippen molar-refractivity contribution in [2.45, 2.75) is 6.92 Å². The van der Waals surface area contributed by atoms with Crippen molar-refractivity contribution in [3.8, 4) is 0 Å². The zero-order chi connectivity index (χ0) is 7.82. The maximum Gasteiger partial charge on any atom is 0.0993 e. The Hall–Kier alpha value is -0.540. The van der Waals surface area contributed by atoms with Crippen LogP contribution >= 0.6 is 0 Å². The van der Waals surface area contributed by atoms with E-state index in [1.165, 1.54) is 6.92 Å². The molecule has 0 radical (unpaired) electrons. The third-order valence-corrected chi connectivity index (χ3v) is 0.933. The minimum atomic E-state index is -0.0833. The topological polar surface area (TPSA) is 48.9 Å². The van der Waals surface area contributed by atoms with E-state index in [9.17, 15) is 5.11 Å². The van der Waals surface area contributed by atoms with Gasteiger partial charge in [0.05, 0.1) is 26.3 Å². The molecule has 3 heteroatoms.